The van der Waals surface area contributed by atoms with Gasteiger partial charge in [0.05, 0.1) is 13.0 Å². The SMILES string of the molecule is Cc1ccccc1NC(=S)NCC(C)(CO)CC(=O)O. The van der Waals surface area contributed by atoms with Crippen LogP contribution in [-0.2, 0) is 4.79 Å². The molecule has 110 valence electrons. The lowest BCUT2D eigenvalue weighted by Crippen LogP contribution is -2.41. The summed E-state index contributed by atoms with van der Waals surface area (Å²) in [5.74, 6) is -0.943. The summed E-state index contributed by atoms with van der Waals surface area (Å²) in [5, 5.41) is 24.6. The van der Waals surface area contributed by atoms with Crippen LogP contribution in [0.25, 0.3) is 0 Å². The zero-order valence-corrected chi connectivity index (χ0v) is 12.5. The lowest BCUT2D eigenvalue weighted by Gasteiger charge is -2.26. The first-order valence-electron chi connectivity index (χ1n) is 6.29. The molecule has 0 saturated heterocycles. The second-order valence-electron chi connectivity index (χ2n) is 5.16. The molecule has 0 bridgehead atoms. The van der Waals surface area contributed by atoms with E-state index >= 15 is 0 Å². The number of thiocarbonyl (C=S) groups is 1. The van der Waals surface area contributed by atoms with Gasteiger partial charge in [-0.1, -0.05) is 25.1 Å². The topological polar surface area (TPSA) is 81.6 Å². The fourth-order valence-electron chi connectivity index (χ4n) is 1.71. The number of aryl methyl sites for hydroxylation is 1. The molecule has 1 rings (SSSR count). The summed E-state index contributed by atoms with van der Waals surface area (Å²) >= 11 is 5.17. The molecule has 1 atom stereocenters. The van der Waals surface area contributed by atoms with Crippen molar-refractivity contribution in [1.82, 2.24) is 5.32 Å². The average Bonchev–Trinajstić information content (AvgIpc) is 2.38. The highest BCUT2D eigenvalue weighted by Gasteiger charge is 2.27. The van der Waals surface area contributed by atoms with Gasteiger partial charge >= 0.3 is 5.97 Å². The molecule has 5 nitrogen and oxygen atoms in total. The fourth-order valence-corrected chi connectivity index (χ4v) is 1.89. The van der Waals surface area contributed by atoms with Gasteiger partial charge in [0.2, 0.25) is 0 Å². The number of benzene rings is 1. The summed E-state index contributed by atoms with van der Waals surface area (Å²) in [6.07, 6.45) is -0.122. The standard InChI is InChI=1S/C14H20N2O3S/c1-10-5-3-4-6-11(10)16-13(20)15-8-14(2,9-17)7-12(18)19/h3-6,17H,7-9H2,1-2H3,(H,18,19)(H2,15,16,20). The second kappa shape index (κ2) is 7.21. The molecule has 0 aliphatic carbocycles. The van der Waals surface area contributed by atoms with Crippen molar-refractivity contribution in [2.75, 3.05) is 18.5 Å². The van der Waals surface area contributed by atoms with Gasteiger partial charge < -0.3 is 20.8 Å². The predicted octanol–water partition coefficient (Wildman–Crippen LogP) is 1.75. The van der Waals surface area contributed by atoms with Gasteiger partial charge in [-0.3, -0.25) is 4.79 Å². The lowest BCUT2D eigenvalue weighted by molar-refractivity contribution is -0.140. The Labute approximate surface area is 124 Å². The number of rotatable bonds is 6. The van der Waals surface area contributed by atoms with Crippen LogP contribution in [-0.4, -0.2) is 34.4 Å². The maximum Gasteiger partial charge on any atom is 0.304 e. The minimum atomic E-state index is -0.943. The normalized spacial score (nSPS) is 13.3. The number of anilines is 1. The van der Waals surface area contributed by atoms with Gasteiger partial charge in [0.15, 0.2) is 5.11 Å². The first-order chi connectivity index (χ1) is 9.36. The number of hydrogen-bond acceptors (Lipinski definition) is 3. The summed E-state index contributed by atoms with van der Waals surface area (Å²) in [6.45, 7) is 3.73. The number of para-hydroxylation sites is 1. The van der Waals surface area contributed by atoms with Gasteiger partial charge in [0.1, 0.15) is 0 Å². The van der Waals surface area contributed by atoms with E-state index in [9.17, 15) is 9.90 Å². The Morgan fingerprint density at radius 3 is 2.60 bits per heavy atom. The quantitative estimate of drug-likeness (QED) is 0.599. The molecule has 20 heavy (non-hydrogen) atoms. The number of aliphatic hydroxyl groups is 1. The largest absolute Gasteiger partial charge is 0.481 e. The smallest absolute Gasteiger partial charge is 0.304 e. The van der Waals surface area contributed by atoms with Crippen LogP contribution in [0.1, 0.15) is 18.9 Å². The molecule has 4 N–H and O–H groups in total. The lowest BCUT2D eigenvalue weighted by atomic mass is 9.88. The van der Waals surface area contributed by atoms with E-state index in [0.717, 1.165) is 11.3 Å². The van der Waals surface area contributed by atoms with Crippen LogP contribution in [0.3, 0.4) is 0 Å². The fraction of sp³-hybridized carbons (Fsp3) is 0.429. The number of carbonyl (C=O) groups is 1. The van der Waals surface area contributed by atoms with Crippen molar-refractivity contribution >= 4 is 29.0 Å². The number of carboxylic acids is 1. The summed E-state index contributed by atoms with van der Waals surface area (Å²) in [7, 11) is 0. The highest BCUT2D eigenvalue weighted by atomic mass is 32.1. The highest BCUT2D eigenvalue weighted by molar-refractivity contribution is 7.80. The highest BCUT2D eigenvalue weighted by Crippen LogP contribution is 2.19. The van der Waals surface area contributed by atoms with Gasteiger partial charge in [0.25, 0.3) is 0 Å². The molecule has 0 amide bonds. The van der Waals surface area contributed by atoms with Crippen molar-refractivity contribution in [2.24, 2.45) is 5.41 Å². The molecule has 1 aromatic rings. The number of carboxylic acid groups (broad SMARTS) is 1. The summed E-state index contributed by atoms with van der Waals surface area (Å²) in [4.78, 5) is 10.8. The van der Waals surface area contributed by atoms with E-state index in [1.54, 1.807) is 6.92 Å². The predicted molar refractivity (Wildman–Crippen MR) is 82.8 cm³/mol. The Kier molecular flexibility index (Phi) is 5.91. The maximum absolute atomic E-state index is 10.8. The molecule has 0 aliphatic heterocycles. The Morgan fingerprint density at radius 2 is 2.05 bits per heavy atom. The summed E-state index contributed by atoms with van der Waals surface area (Å²) < 4.78 is 0. The number of aliphatic hydroxyl groups excluding tert-OH is 1. The van der Waals surface area contributed by atoms with E-state index in [-0.39, 0.29) is 19.6 Å². The first kappa shape index (κ1) is 16.4. The van der Waals surface area contributed by atoms with E-state index in [4.69, 9.17) is 17.3 Å². The maximum atomic E-state index is 10.8. The van der Waals surface area contributed by atoms with Crippen LogP contribution in [0.15, 0.2) is 24.3 Å². The summed E-state index contributed by atoms with van der Waals surface area (Å²) in [6, 6.07) is 7.71. The van der Waals surface area contributed by atoms with Crippen LogP contribution in [0.5, 0.6) is 0 Å². The van der Waals surface area contributed by atoms with Gasteiger partial charge in [-0.25, -0.2) is 0 Å². The van der Waals surface area contributed by atoms with Crippen molar-refractivity contribution in [2.45, 2.75) is 20.3 Å². The van der Waals surface area contributed by atoms with Crippen molar-refractivity contribution in [3.63, 3.8) is 0 Å². The molecule has 0 heterocycles. The number of nitrogens with one attached hydrogen (secondary N) is 2. The molecular formula is C14H20N2O3S. The third kappa shape index (κ3) is 5.14. The second-order valence-corrected chi connectivity index (χ2v) is 5.57. The molecule has 6 heteroatoms. The van der Waals surface area contributed by atoms with Crippen molar-refractivity contribution in [3.8, 4) is 0 Å². The average molecular weight is 296 g/mol. The molecule has 0 fully saturated rings. The number of hydrogen-bond donors (Lipinski definition) is 4. The van der Waals surface area contributed by atoms with Gasteiger partial charge in [-0.05, 0) is 30.8 Å². The molecule has 0 spiro atoms. The van der Waals surface area contributed by atoms with Crippen molar-refractivity contribution < 1.29 is 15.0 Å². The van der Waals surface area contributed by atoms with Gasteiger partial charge in [0, 0.05) is 17.6 Å². The molecule has 1 unspecified atom stereocenters. The van der Waals surface area contributed by atoms with Crippen LogP contribution < -0.4 is 10.6 Å². The van der Waals surface area contributed by atoms with E-state index in [1.165, 1.54) is 0 Å². The van der Waals surface area contributed by atoms with Gasteiger partial charge in [-0.15, -0.1) is 0 Å². The molecule has 0 radical (unpaired) electrons. The molecule has 0 aromatic heterocycles. The monoisotopic (exact) mass is 296 g/mol. The Balaban J connectivity index is 2.54. The molecular weight excluding hydrogens is 276 g/mol. The Bertz CT molecular complexity index is 493. The van der Waals surface area contributed by atoms with Crippen LogP contribution in [0, 0.1) is 12.3 Å². The van der Waals surface area contributed by atoms with Crippen LogP contribution in [0.4, 0.5) is 5.69 Å². The van der Waals surface area contributed by atoms with Gasteiger partial charge in [-0.2, -0.15) is 0 Å². The Hall–Kier alpha value is -1.66. The molecule has 0 aliphatic rings. The molecule has 0 saturated carbocycles. The summed E-state index contributed by atoms with van der Waals surface area (Å²) in [5.41, 5.74) is 1.21. The minimum Gasteiger partial charge on any atom is -0.481 e. The molecule has 1 aromatic carbocycles. The van der Waals surface area contributed by atoms with E-state index in [2.05, 4.69) is 10.6 Å². The van der Waals surface area contributed by atoms with Crippen LogP contribution in [0.2, 0.25) is 0 Å². The Morgan fingerprint density at radius 1 is 1.40 bits per heavy atom. The minimum absolute atomic E-state index is 0.122. The van der Waals surface area contributed by atoms with E-state index < -0.39 is 11.4 Å². The zero-order chi connectivity index (χ0) is 15.2. The third-order valence-corrected chi connectivity index (χ3v) is 3.28. The van der Waals surface area contributed by atoms with Crippen molar-refractivity contribution in [3.05, 3.63) is 29.8 Å². The van der Waals surface area contributed by atoms with E-state index in [1.807, 2.05) is 31.2 Å². The van der Waals surface area contributed by atoms with Crippen molar-refractivity contribution in [1.29, 1.82) is 0 Å². The number of aliphatic carboxylic acids is 1. The zero-order valence-electron chi connectivity index (χ0n) is 11.6. The first-order valence-corrected chi connectivity index (χ1v) is 6.70. The van der Waals surface area contributed by atoms with E-state index in [0.29, 0.717) is 5.11 Å². The third-order valence-electron chi connectivity index (χ3n) is 3.03. The van der Waals surface area contributed by atoms with Crippen LogP contribution >= 0.6 is 12.2 Å².